The molecule has 0 aromatic rings. The van der Waals surface area contributed by atoms with Gasteiger partial charge in [-0.3, -0.25) is 4.99 Å². The average molecular weight is 281 g/mol. The molecular weight excluding hydrogens is 258 g/mol. The molecule has 0 amide bonds. The van der Waals surface area contributed by atoms with Crippen LogP contribution in [0.15, 0.2) is 51.2 Å². The van der Waals surface area contributed by atoms with E-state index < -0.39 is 0 Å². The van der Waals surface area contributed by atoms with E-state index in [4.69, 9.17) is 5.41 Å². The highest BCUT2D eigenvalue weighted by molar-refractivity contribution is 6.07. The van der Waals surface area contributed by atoms with Crippen LogP contribution in [0.5, 0.6) is 0 Å². The lowest BCUT2D eigenvalue weighted by Crippen LogP contribution is -2.35. The van der Waals surface area contributed by atoms with Gasteiger partial charge in [-0.25, -0.2) is 0 Å². The van der Waals surface area contributed by atoms with Gasteiger partial charge in [-0.1, -0.05) is 25.2 Å². The van der Waals surface area contributed by atoms with Crippen molar-refractivity contribution in [2.45, 2.75) is 52.1 Å². The molecule has 2 N–H and O–H groups in total. The summed E-state index contributed by atoms with van der Waals surface area (Å²) >= 11 is 0. The van der Waals surface area contributed by atoms with Crippen LogP contribution in [0.25, 0.3) is 0 Å². The van der Waals surface area contributed by atoms with Gasteiger partial charge in [0.15, 0.2) is 0 Å². The summed E-state index contributed by atoms with van der Waals surface area (Å²) < 4.78 is 0. The second-order valence-corrected chi connectivity index (χ2v) is 5.88. The quantitative estimate of drug-likeness (QED) is 0.788. The van der Waals surface area contributed by atoms with Crippen LogP contribution in [0, 0.1) is 5.41 Å². The second-order valence-electron chi connectivity index (χ2n) is 5.88. The maximum Gasteiger partial charge on any atom is 0.118 e. The third-order valence-corrected chi connectivity index (χ3v) is 4.50. The molecule has 1 atom stereocenters. The van der Waals surface area contributed by atoms with Gasteiger partial charge in [0, 0.05) is 23.2 Å². The number of hydrogen-bond donors (Lipinski definition) is 2. The van der Waals surface area contributed by atoms with Crippen LogP contribution >= 0.6 is 0 Å². The lowest BCUT2D eigenvalue weighted by atomic mass is 9.83. The highest BCUT2D eigenvalue weighted by Crippen LogP contribution is 2.33. The van der Waals surface area contributed by atoms with E-state index in [1.54, 1.807) is 0 Å². The fourth-order valence-electron chi connectivity index (χ4n) is 3.20. The predicted molar refractivity (Wildman–Crippen MR) is 88.9 cm³/mol. The third-order valence-electron chi connectivity index (χ3n) is 4.50. The van der Waals surface area contributed by atoms with Gasteiger partial charge in [-0.15, -0.1) is 0 Å². The van der Waals surface area contributed by atoms with Gasteiger partial charge in [0.1, 0.15) is 6.17 Å². The van der Waals surface area contributed by atoms with Crippen molar-refractivity contribution >= 4 is 11.9 Å². The Bertz CT molecular complexity index is 614. The number of rotatable bonds is 2. The number of allylic oxidation sites excluding steroid dienone is 7. The van der Waals surface area contributed by atoms with Crippen LogP contribution in [0.4, 0.5) is 0 Å². The molecule has 0 aromatic carbocycles. The zero-order valence-electron chi connectivity index (χ0n) is 12.9. The Morgan fingerprint density at radius 2 is 2.24 bits per heavy atom. The van der Waals surface area contributed by atoms with Crippen molar-refractivity contribution in [3.8, 4) is 0 Å². The van der Waals surface area contributed by atoms with E-state index in [1.807, 2.05) is 6.21 Å². The molecule has 1 aliphatic heterocycles. The molecule has 110 valence electrons. The van der Waals surface area contributed by atoms with E-state index in [9.17, 15) is 0 Å². The van der Waals surface area contributed by atoms with Crippen molar-refractivity contribution < 1.29 is 0 Å². The topological polar surface area (TPSA) is 48.2 Å². The largest absolute Gasteiger partial charge is 0.363 e. The van der Waals surface area contributed by atoms with Crippen molar-refractivity contribution in [2.24, 2.45) is 4.99 Å². The number of nitrogens with one attached hydrogen (secondary N) is 2. The Labute approximate surface area is 126 Å². The second kappa shape index (κ2) is 5.84. The van der Waals surface area contributed by atoms with Crippen LogP contribution in [-0.4, -0.2) is 18.1 Å². The Hall–Kier alpha value is -1.90. The number of nitrogens with zero attached hydrogens (tertiary/aromatic N) is 1. The zero-order valence-corrected chi connectivity index (χ0v) is 12.9. The van der Waals surface area contributed by atoms with Gasteiger partial charge in [-0.2, -0.15) is 0 Å². The van der Waals surface area contributed by atoms with E-state index in [0.717, 1.165) is 49.1 Å². The molecule has 2 aliphatic carbocycles. The predicted octanol–water partition coefficient (Wildman–Crippen LogP) is 4.06. The number of hydrogen-bond acceptors (Lipinski definition) is 3. The zero-order chi connectivity index (χ0) is 14.8. The third kappa shape index (κ3) is 2.65. The molecule has 0 saturated carbocycles. The summed E-state index contributed by atoms with van der Waals surface area (Å²) in [6, 6.07) is 0. The first-order chi connectivity index (χ1) is 10.2. The van der Waals surface area contributed by atoms with Gasteiger partial charge in [-0.05, 0) is 55.7 Å². The normalized spacial score (nSPS) is 27.2. The number of aliphatic imine (C=N–C) groups is 1. The minimum Gasteiger partial charge on any atom is -0.363 e. The fraction of sp³-hybridized carbons (Fsp3) is 0.444. The van der Waals surface area contributed by atoms with Crippen LogP contribution in [0.3, 0.4) is 0 Å². The molecule has 0 aromatic heterocycles. The van der Waals surface area contributed by atoms with E-state index in [-0.39, 0.29) is 6.17 Å². The first-order valence-electron chi connectivity index (χ1n) is 7.88. The molecule has 0 saturated heterocycles. The van der Waals surface area contributed by atoms with Gasteiger partial charge < -0.3 is 10.7 Å². The monoisotopic (exact) mass is 281 g/mol. The van der Waals surface area contributed by atoms with E-state index in [1.165, 1.54) is 16.7 Å². The van der Waals surface area contributed by atoms with Crippen LogP contribution in [0.1, 0.15) is 46.0 Å². The summed E-state index contributed by atoms with van der Waals surface area (Å²) in [6.07, 6.45) is 13.6. The fourth-order valence-corrected chi connectivity index (χ4v) is 3.20. The first-order valence-corrected chi connectivity index (χ1v) is 7.88. The molecular formula is C18H23N3. The molecule has 3 heteroatoms. The maximum absolute atomic E-state index is 8.42. The summed E-state index contributed by atoms with van der Waals surface area (Å²) in [5, 5.41) is 12.0. The highest BCUT2D eigenvalue weighted by atomic mass is 15.1. The molecule has 3 rings (SSSR count). The van der Waals surface area contributed by atoms with Crippen molar-refractivity contribution in [3.63, 3.8) is 0 Å². The van der Waals surface area contributed by atoms with Crippen molar-refractivity contribution in [1.29, 1.82) is 5.41 Å². The van der Waals surface area contributed by atoms with Crippen LogP contribution in [-0.2, 0) is 0 Å². The lowest BCUT2D eigenvalue weighted by molar-refractivity contribution is 0.566. The summed E-state index contributed by atoms with van der Waals surface area (Å²) in [4.78, 5) is 4.55. The highest BCUT2D eigenvalue weighted by Gasteiger charge is 2.27. The first kappa shape index (κ1) is 14.1. The van der Waals surface area contributed by atoms with Crippen molar-refractivity contribution in [1.82, 2.24) is 5.32 Å². The molecule has 0 fully saturated rings. The summed E-state index contributed by atoms with van der Waals surface area (Å²) in [5.74, 6) is 0. The Morgan fingerprint density at radius 1 is 1.38 bits per heavy atom. The molecule has 0 radical (unpaired) electrons. The molecule has 21 heavy (non-hydrogen) atoms. The SMILES string of the molecule is CCC1N=CC2=C(N1)/C(=C(/C)C1=CC=CCC1)C(=N)CC2. The molecule has 0 bridgehead atoms. The van der Waals surface area contributed by atoms with E-state index in [2.05, 4.69) is 42.4 Å². The molecule has 3 nitrogen and oxygen atoms in total. The summed E-state index contributed by atoms with van der Waals surface area (Å²) in [6.45, 7) is 4.30. The minimum absolute atomic E-state index is 0.151. The van der Waals surface area contributed by atoms with Gasteiger partial charge in [0.2, 0.25) is 0 Å². The standard InChI is InChI=1S/C18H23N3/c1-3-16-20-11-14-9-10-15(19)17(18(14)21-16)12(2)13-7-5-4-6-8-13/h4-5,7,11,16,19,21H,3,6,8-10H2,1-2H3/b17-12-,19-15?. The maximum atomic E-state index is 8.42. The minimum atomic E-state index is 0.151. The van der Waals surface area contributed by atoms with E-state index in [0.29, 0.717) is 0 Å². The van der Waals surface area contributed by atoms with E-state index >= 15 is 0 Å². The average Bonchev–Trinajstić information content (AvgIpc) is 2.54. The molecule has 3 aliphatic rings. The molecule has 0 spiro atoms. The molecule has 1 heterocycles. The van der Waals surface area contributed by atoms with Crippen LogP contribution < -0.4 is 5.32 Å². The lowest BCUT2D eigenvalue weighted by Gasteiger charge is -2.31. The summed E-state index contributed by atoms with van der Waals surface area (Å²) in [5.41, 5.74) is 6.91. The molecule has 1 unspecified atom stereocenters. The van der Waals surface area contributed by atoms with Crippen LogP contribution in [0.2, 0.25) is 0 Å². The van der Waals surface area contributed by atoms with Crippen molar-refractivity contribution in [2.75, 3.05) is 0 Å². The van der Waals surface area contributed by atoms with Gasteiger partial charge in [0.05, 0.1) is 0 Å². The Morgan fingerprint density at radius 3 is 2.95 bits per heavy atom. The summed E-state index contributed by atoms with van der Waals surface area (Å²) in [7, 11) is 0. The van der Waals surface area contributed by atoms with Gasteiger partial charge in [0.25, 0.3) is 0 Å². The van der Waals surface area contributed by atoms with Gasteiger partial charge >= 0.3 is 0 Å². The smallest absolute Gasteiger partial charge is 0.118 e. The Balaban J connectivity index is 2.05. The van der Waals surface area contributed by atoms with Crippen molar-refractivity contribution in [3.05, 3.63) is 46.2 Å². The Kier molecular flexibility index (Phi) is 3.91.